The molecule has 0 spiro atoms. The molecule has 1 N–H and O–H groups in total. The largest absolute Gasteiger partial charge is 0.256 e. The number of benzene rings is 1. The summed E-state index contributed by atoms with van der Waals surface area (Å²) in [4.78, 5) is 4.26. The van der Waals surface area contributed by atoms with E-state index in [4.69, 9.17) is 0 Å². The second-order valence-corrected chi connectivity index (χ2v) is 6.62. The van der Waals surface area contributed by atoms with Crippen molar-refractivity contribution in [3.05, 3.63) is 40.9 Å². The lowest BCUT2D eigenvalue weighted by Crippen LogP contribution is -2.26. The van der Waals surface area contributed by atoms with Gasteiger partial charge in [0.25, 0.3) is 0 Å². The predicted molar refractivity (Wildman–Crippen MR) is 74.0 cm³/mol. The summed E-state index contributed by atoms with van der Waals surface area (Å²) >= 11 is 3.25. The molecule has 1 heterocycles. The number of sulfonamides is 1. The van der Waals surface area contributed by atoms with E-state index in [0.717, 1.165) is 4.47 Å². The van der Waals surface area contributed by atoms with E-state index in [2.05, 4.69) is 30.7 Å². The molecule has 0 aliphatic rings. The van der Waals surface area contributed by atoms with Crippen LogP contribution in [0.15, 0.2) is 40.0 Å². The average molecular weight is 345 g/mol. The van der Waals surface area contributed by atoms with Gasteiger partial charge < -0.3 is 0 Å². The van der Waals surface area contributed by atoms with Crippen molar-refractivity contribution >= 4 is 26.0 Å². The fourth-order valence-corrected chi connectivity index (χ4v) is 3.14. The van der Waals surface area contributed by atoms with Crippen LogP contribution in [0.3, 0.4) is 0 Å². The van der Waals surface area contributed by atoms with Crippen LogP contribution >= 0.6 is 15.9 Å². The van der Waals surface area contributed by atoms with Gasteiger partial charge in [-0.15, -0.1) is 0 Å². The van der Waals surface area contributed by atoms with Crippen molar-refractivity contribution in [1.82, 2.24) is 19.5 Å². The van der Waals surface area contributed by atoms with Crippen LogP contribution in [-0.2, 0) is 23.5 Å². The minimum absolute atomic E-state index is 0.232. The summed E-state index contributed by atoms with van der Waals surface area (Å²) in [6.07, 6.45) is 2.03. The van der Waals surface area contributed by atoms with Crippen molar-refractivity contribution < 1.29 is 8.42 Å². The first-order valence-corrected chi connectivity index (χ1v) is 7.85. The highest BCUT2D eigenvalue weighted by molar-refractivity contribution is 9.10. The Hall–Kier alpha value is -1.25. The summed E-state index contributed by atoms with van der Waals surface area (Å²) in [5, 5.41) is 4.08. The fraction of sp³-hybridized carbons (Fsp3) is 0.273. The number of hydrogen-bond acceptors (Lipinski definition) is 4. The zero-order chi connectivity index (χ0) is 13.9. The lowest BCUT2D eigenvalue weighted by molar-refractivity contribution is 0.580. The van der Waals surface area contributed by atoms with Gasteiger partial charge in [0.05, 0.1) is 4.90 Å². The van der Waals surface area contributed by atoms with Crippen molar-refractivity contribution in [1.29, 1.82) is 0 Å². The molecule has 2 rings (SSSR count). The number of nitrogens with zero attached hydrogens (tertiary/aromatic N) is 3. The Morgan fingerprint density at radius 1 is 1.42 bits per heavy atom. The van der Waals surface area contributed by atoms with Crippen molar-refractivity contribution in [2.24, 2.45) is 7.05 Å². The van der Waals surface area contributed by atoms with E-state index in [-0.39, 0.29) is 11.4 Å². The van der Waals surface area contributed by atoms with Crippen molar-refractivity contribution in [2.45, 2.75) is 11.3 Å². The molecule has 6 nitrogen and oxygen atoms in total. The Morgan fingerprint density at radius 3 is 2.84 bits per heavy atom. The molecule has 1 aromatic carbocycles. The van der Waals surface area contributed by atoms with E-state index >= 15 is 0 Å². The van der Waals surface area contributed by atoms with Crippen LogP contribution in [-0.4, -0.2) is 29.7 Å². The van der Waals surface area contributed by atoms with Gasteiger partial charge >= 0.3 is 0 Å². The molecule has 0 amide bonds. The second-order valence-electron chi connectivity index (χ2n) is 3.94. The van der Waals surface area contributed by atoms with Crippen LogP contribution in [0.25, 0.3) is 0 Å². The molecule has 0 atom stereocenters. The van der Waals surface area contributed by atoms with Gasteiger partial charge in [-0.2, -0.15) is 5.10 Å². The van der Waals surface area contributed by atoms with Crippen LogP contribution < -0.4 is 4.72 Å². The zero-order valence-electron chi connectivity index (χ0n) is 10.2. The smallest absolute Gasteiger partial charge is 0.240 e. The van der Waals surface area contributed by atoms with E-state index in [1.54, 1.807) is 42.3 Å². The number of rotatable bonds is 5. The first-order valence-electron chi connectivity index (χ1n) is 5.57. The van der Waals surface area contributed by atoms with Crippen molar-refractivity contribution in [2.75, 3.05) is 6.54 Å². The minimum atomic E-state index is -3.49. The van der Waals surface area contributed by atoms with Gasteiger partial charge in [-0.05, 0) is 18.2 Å². The highest BCUT2D eigenvalue weighted by Crippen LogP contribution is 2.15. The highest BCUT2D eigenvalue weighted by Gasteiger charge is 2.13. The first-order chi connectivity index (χ1) is 8.97. The van der Waals surface area contributed by atoms with Gasteiger partial charge in [-0.3, -0.25) is 4.68 Å². The van der Waals surface area contributed by atoms with Crippen molar-refractivity contribution in [3.63, 3.8) is 0 Å². The summed E-state index contributed by atoms with van der Waals surface area (Å²) in [5.74, 6) is 0.611. The van der Waals surface area contributed by atoms with Crippen LogP contribution in [0.5, 0.6) is 0 Å². The zero-order valence-corrected chi connectivity index (χ0v) is 12.6. The number of nitrogens with one attached hydrogen (secondary N) is 1. The maximum Gasteiger partial charge on any atom is 0.240 e. The predicted octanol–water partition coefficient (Wildman–Crippen LogP) is 1.10. The molecule has 0 aliphatic heterocycles. The molecule has 2 aromatic rings. The van der Waals surface area contributed by atoms with E-state index < -0.39 is 10.0 Å². The van der Waals surface area contributed by atoms with Crippen LogP contribution in [0.2, 0.25) is 0 Å². The molecule has 0 unspecified atom stereocenters. The summed E-state index contributed by atoms with van der Waals surface area (Å²) in [5.41, 5.74) is 0. The molecule has 0 radical (unpaired) electrons. The topological polar surface area (TPSA) is 76.9 Å². The maximum atomic E-state index is 12.0. The Labute approximate surface area is 120 Å². The summed E-state index contributed by atoms with van der Waals surface area (Å²) in [7, 11) is -1.72. The lowest BCUT2D eigenvalue weighted by atomic mass is 10.4. The van der Waals surface area contributed by atoms with E-state index in [9.17, 15) is 8.42 Å². The van der Waals surface area contributed by atoms with Crippen molar-refractivity contribution in [3.8, 4) is 0 Å². The van der Waals surface area contributed by atoms with Crippen LogP contribution in [0, 0.1) is 0 Å². The molecule has 0 saturated carbocycles. The molecule has 8 heteroatoms. The first kappa shape index (κ1) is 14.2. The Morgan fingerprint density at radius 2 is 2.21 bits per heavy atom. The standard InChI is InChI=1S/C11H13BrN4O2S/c1-16-8-13-11(15-16)5-6-14-19(17,18)10-4-2-3-9(12)7-10/h2-4,7-8,14H,5-6H2,1H3. The Balaban J connectivity index is 1.98. The van der Waals surface area contributed by atoms with E-state index in [1.807, 2.05) is 0 Å². The lowest BCUT2D eigenvalue weighted by Gasteiger charge is -2.05. The molecule has 1 aromatic heterocycles. The molecule has 0 aliphatic carbocycles. The van der Waals surface area contributed by atoms with Gasteiger partial charge in [0.15, 0.2) is 5.82 Å². The van der Waals surface area contributed by atoms with Crippen LogP contribution in [0.4, 0.5) is 0 Å². The average Bonchev–Trinajstić information content (AvgIpc) is 2.75. The molecule has 0 saturated heterocycles. The fourth-order valence-electron chi connectivity index (χ4n) is 1.51. The van der Waals surface area contributed by atoms with Gasteiger partial charge in [0.2, 0.25) is 10.0 Å². The number of hydrogen-bond donors (Lipinski definition) is 1. The number of halogens is 1. The Bertz CT molecular complexity index is 669. The van der Waals surface area contributed by atoms with Gasteiger partial charge in [0.1, 0.15) is 6.33 Å². The molecule has 102 valence electrons. The van der Waals surface area contributed by atoms with Gasteiger partial charge in [0, 0.05) is 24.5 Å². The minimum Gasteiger partial charge on any atom is -0.256 e. The second kappa shape index (κ2) is 5.81. The molecule has 19 heavy (non-hydrogen) atoms. The number of aryl methyl sites for hydroxylation is 1. The molecular weight excluding hydrogens is 332 g/mol. The Kier molecular flexibility index (Phi) is 4.33. The maximum absolute atomic E-state index is 12.0. The van der Waals surface area contributed by atoms with Gasteiger partial charge in [-0.25, -0.2) is 18.1 Å². The summed E-state index contributed by atoms with van der Waals surface area (Å²) in [6.45, 7) is 0.263. The SMILES string of the molecule is Cn1cnc(CCNS(=O)(=O)c2cccc(Br)c2)n1. The van der Waals surface area contributed by atoms with Gasteiger partial charge in [-0.1, -0.05) is 22.0 Å². The van der Waals surface area contributed by atoms with Crippen LogP contribution in [0.1, 0.15) is 5.82 Å². The highest BCUT2D eigenvalue weighted by atomic mass is 79.9. The number of aromatic nitrogens is 3. The quantitative estimate of drug-likeness (QED) is 0.880. The molecular formula is C11H13BrN4O2S. The summed E-state index contributed by atoms with van der Waals surface area (Å²) in [6, 6.07) is 6.56. The third-order valence-electron chi connectivity index (χ3n) is 2.39. The third kappa shape index (κ3) is 3.85. The normalized spacial score (nSPS) is 11.7. The molecule has 0 fully saturated rings. The van der Waals surface area contributed by atoms with E-state index in [1.165, 1.54) is 0 Å². The molecule has 0 bridgehead atoms. The third-order valence-corrected chi connectivity index (χ3v) is 4.35. The monoisotopic (exact) mass is 344 g/mol. The van der Waals surface area contributed by atoms with E-state index in [0.29, 0.717) is 12.2 Å². The summed E-state index contributed by atoms with van der Waals surface area (Å²) < 4.78 is 28.8.